The Balaban J connectivity index is 1.46. The molecule has 2 N–H and O–H groups in total. The van der Waals surface area contributed by atoms with E-state index in [1.165, 1.54) is 6.07 Å². The number of thioether (sulfide) groups is 1. The number of nitrogen functional groups attached to an aromatic ring is 1. The van der Waals surface area contributed by atoms with E-state index in [-0.39, 0.29) is 23.7 Å². The van der Waals surface area contributed by atoms with Gasteiger partial charge >= 0.3 is 0 Å². The summed E-state index contributed by atoms with van der Waals surface area (Å²) in [6.07, 6.45) is 3.09. The zero-order chi connectivity index (χ0) is 18.1. The van der Waals surface area contributed by atoms with Crippen molar-refractivity contribution < 1.29 is 18.3 Å². The van der Waals surface area contributed by atoms with Gasteiger partial charge in [-0.1, -0.05) is 0 Å². The molecule has 0 spiro atoms. The fourth-order valence-electron chi connectivity index (χ4n) is 3.85. The molecular formula is C19H20F2N2O2S. The van der Waals surface area contributed by atoms with Crippen molar-refractivity contribution in [2.24, 2.45) is 5.92 Å². The van der Waals surface area contributed by atoms with E-state index in [4.69, 9.17) is 15.2 Å². The summed E-state index contributed by atoms with van der Waals surface area (Å²) in [6.45, 7) is 0.892. The summed E-state index contributed by atoms with van der Waals surface area (Å²) >= 11 is 1.63. The fourth-order valence-corrected chi connectivity index (χ4v) is 4.80. The predicted octanol–water partition coefficient (Wildman–Crippen LogP) is 4.01. The lowest BCUT2D eigenvalue weighted by Gasteiger charge is -2.42. The van der Waals surface area contributed by atoms with Crippen molar-refractivity contribution in [1.82, 2.24) is 4.98 Å². The number of fused-ring (bicyclic) bond motifs is 3. The second-order valence-electron chi connectivity index (χ2n) is 6.58. The number of aromatic nitrogens is 1. The minimum absolute atomic E-state index is 0.0272. The Kier molecular flexibility index (Phi) is 5.00. The first-order chi connectivity index (χ1) is 12.6. The van der Waals surface area contributed by atoms with E-state index < -0.39 is 11.6 Å². The van der Waals surface area contributed by atoms with Crippen LogP contribution in [0.1, 0.15) is 24.3 Å². The minimum atomic E-state index is -0.495. The Morgan fingerprint density at radius 3 is 2.92 bits per heavy atom. The van der Waals surface area contributed by atoms with Crippen molar-refractivity contribution in [2.75, 3.05) is 24.7 Å². The van der Waals surface area contributed by atoms with Crippen molar-refractivity contribution in [3.63, 3.8) is 0 Å². The van der Waals surface area contributed by atoms with E-state index in [1.807, 2.05) is 12.1 Å². The molecule has 0 aliphatic carbocycles. The number of halogens is 2. The molecule has 1 aromatic heterocycles. The van der Waals surface area contributed by atoms with E-state index in [0.29, 0.717) is 31.0 Å². The standard InChI is InChI=1S/C19H20F2N2O2S/c20-13-3-4-14(21)18-17(13)11-5-8-24-15(12(11)10-25-18)6-9-26-16-2-1-7-23-19(16)22/h1-4,7,11-12,15H,5-6,8-10H2,(H2,22,23)/t11?,12?,15-/m0/s1. The van der Waals surface area contributed by atoms with E-state index in [0.717, 1.165) is 23.1 Å². The maximum atomic E-state index is 14.4. The van der Waals surface area contributed by atoms with Crippen molar-refractivity contribution in [3.05, 3.63) is 47.7 Å². The Morgan fingerprint density at radius 1 is 1.23 bits per heavy atom. The lowest BCUT2D eigenvalue weighted by atomic mass is 9.76. The van der Waals surface area contributed by atoms with Crippen LogP contribution in [0.15, 0.2) is 35.4 Å². The average molecular weight is 378 g/mol. The van der Waals surface area contributed by atoms with Crippen molar-refractivity contribution in [3.8, 4) is 5.75 Å². The Morgan fingerprint density at radius 2 is 2.08 bits per heavy atom. The number of benzene rings is 1. The van der Waals surface area contributed by atoms with Gasteiger partial charge in [-0.05, 0) is 37.1 Å². The number of nitrogens with two attached hydrogens (primary N) is 1. The summed E-state index contributed by atoms with van der Waals surface area (Å²) in [6, 6.07) is 6.11. The van der Waals surface area contributed by atoms with Crippen molar-refractivity contribution in [2.45, 2.75) is 29.8 Å². The number of anilines is 1. The molecule has 3 atom stereocenters. The summed E-state index contributed by atoms with van der Waals surface area (Å²) < 4.78 is 39.9. The molecule has 2 aliphatic heterocycles. The number of hydrogen-bond acceptors (Lipinski definition) is 5. The SMILES string of the molecule is Nc1ncccc1SCC[C@@H]1OCCC2c3c(F)ccc(F)c3OCC21. The van der Waals surface area contributed by atoms with Crippen molar-refractivity contribution >= 4 is 17.6 Å². The molecule has 3 heterocycles. The van der Waals surface area contributed by atoms with Crippen LogP contribution in [0.5, 0.6) is 5.75 Å². The third kappa shape index (κ3) is 3.25. The molecule has 0 saturated carbocycles. The highest BCUT2D eigenvalue weighted by Gasteiger charge is 2.42. The van der Waals surface area contributed by atoms with Crippen LogP contribution in [0.4, 0.5) is 14.6 Å². The summed E-state index contributed by atoms with van der Waals surface area (Å²) in [5.74, 6) is 0.472. The lowest BCUT2D eigenvalue weighted by Crippen LogP contribution is -2.42. The molecule has 0 bridgehead atoms. The fraction of sp³-hybridized carbons (Fsp3) is 0.421. The predicted molar refractivity (Wildman–Crippen MR) is 96.4 cm³/mol. The van der Waals surface area contributed by atoms with Crippen LogP contribution < -0.4 is 10.5 Å². The topological polar surface area (TPSA) is 57.4 Å². The smallest absolute Gasteiger partial charge is 0.165 e. The molecule has 1 aromatic carbocycles. The molecular weight excluding hydrogens is 358 g/mol. The maximum absolute atomic E-state index is 14.4. The van der Waals surface area contributed by atoms with Crippen LogP contribution in [0.3, 0.4) is 0 Å². The quantitative estimate of drug-likeness (QED) is 0.815. The third-order valence-corrected chi connectivity index (χ3v) is 6.20. The largest absolute Gasteiger partial charge is 0.490 e. The van der Waals surface area contributed by atoms with Gasteiger partial charge in [-0.25, -0.2) is 13.8 Å². The molecule has 0 amide bonds. The first-order valence-corrected chi connectivity index (χ1v) is 9.69. The van der Waals surface area contributed by atoms with Gasteiger partial charge in [0.2, 0.25) is 0 Å². The minimum Gasteiger partial charge on any atom is -0.490 e. The van der Waals surface area contributed by atoms with Gasteiger partial charge in [0.1, 0.15) is 11.6 Å². The number of nitrogens with zero attached hydrogens (tertiary/aromatic N) is 1. The van der Waals surface area contributed by atoms with Crippen LogP contribution in [0, 0.1) is 17.6 Å². The Hall–Kier alpha value is -1.86. The highest BCUT2D eigenvalue weighted by molar-refractivity contribution is 7.99. The molecule has 1 fully saturated rings. The third-order valence-electron chi connectivity index (χ3n) is 5.10. The van der Waals surface area contributed by atoms with E-state index >= 15 is 0 Å². The summed E-state index contributed by atoms with van der Waals surface area (Å²) in [5.41, 5.74) is 6.24. The van der Waals surface area contributed by atoms with Crippen LogP contribution in [0.2, 0.25) is 0 Å². The van der Waals surface area contributed by atoms with E-state index in [9.17, 15) is 8.78 Å². The summed E-state index contributed by atoms with van der Waals surface area (Å²) in [4.78, 5) is 5.02. The zero-order valence-electron chi connectivity index (χ0n) is 14.2. The van der Waals surface area contributed by atoms with Gasteiger partial charge in [-0.3, -0.25) is 0 Å². The molecule has 26 heavy (non-hydrogen) atoms. The number of hydrogen-bond donors (Lipinski definition) is 1. The average Bonchev–Trinajstić information content (AvgIpc) is 2.66. The maximum Gasteiger partial charge on any atom is 0.165 e. The molecule has 2 aliphatic rings. The van der Waals surface area contributed by atoms with Crippen molar-refractivity contribution in [1.29, 1.82) is 0 Å². The van der Waals surface area contributed by atoms with Gasteiger partial charge in [0, 0.05) is 40.9 Å². The molecule has 4 nitrogen and oxygen atoms in total. The molecule has 4 rings (SSSR count). The van der Waals surface area contributed by atoms with Crippen LogP contribution in [-0.2, 0) is 4.74 Å². The number of pyridine rings is 1. The molecule has 138 valence electrons. The van der Waals surface area contributed by atoms with Crippen LogP contribution in [0.25, 0.3) is 0 Å². The molecule has 7 heteroatoms. The number of ether oxygens (including phenoxy) is 2. The molecule has 1 saturated heterocycles. The first-order valence-electron chi connectivity index (χ1n) is 8.70. The highest BCUT2D eigenvalue weighted by Crippen LogP contribution is 2.46. The number of rotatable bonds is 4. The molecule has 2 unspecified atom stereocenters. The Bertz CT molecular complexity index is 805. The van der Waals surface area contributed by atoms with Gasteiger partial charge in [0.25, 0.3) is 0 Å². The van der Waals surface area contributed by atoms with Gasteiger partial charge < -0.3 is 15.2 Å². The van der Waals surface area contributed by atoms with Gasteiger partial charge in [-0.2, -0.15) is 0 Å². The zero-order valence-corrected chi connectivity index (χ0v) is 15.0. The highest BCUT2D eigenvalue weighted by atomic mass is 32.2. The van der Waals surface area contributed by atoms with E-state index in [2.05, 4.69) is 4.98 Å². The van der Waals surface area contributed by atoms with Gasteiger partial charge in [-0.15, -0.1) is 11.8 Å². The lowest BCUT2D eigenvalue weighted by molar-refractivity contribution is -0.0612. The van der Waals surface area contributed by atoms with Gasteiger partial charge in [0.05, 0.1) is 12.7 Å². The van der Waals surface area contributed by atoms with Gasteiger partial charge in [0.15, 0.2) is 11.6 Å². The second-order valence-corrected chi connectivity index (χ2v) is 7.71. The van der Waals surface area contributed by atoms with Crippen LogP contribution >= 0.6 is 11.8 Å². The second kappa shape index (κ2) is 7.40. The molecule has 2 aromatic rings. The monoisotopic (exact) mass is 378 g/mol. The summed E-state index contributed by atoms with van der Waals surface area (Å²) in [5, 5.41) is 0. The van der Waals surface area contributed by atoms with Crippen LogP contribution in [-0.4, -0.2) is 30.1 Å². The normalized spacial score (nSPS) is 24.5. The first kappa shape index (κ1) is 17.5. The Labute approximate surface area is 155 Å². The van der Waals surface area contributed by atoms with E-state index in [1.54, 1.807) is 18.0 Å². The summed E-state index contributed by atoms with van der Waals surface area (Å²) in [7, 11) is 0. The molecule has 0 radical (unpaired) electrons.